The molecule has 0 fully saturated rings. The van der Waals surface area contributed by atoms with Gasteiger partial charge in [-0.3, -0.25) is 4.79 Å². The molecule has 6 heteroatoms. The number of aryl methyl sites for hydroxylation is 1. The van der Waals surface area contributed by atoms with E-state index in [2.05, 4.69) is 10.3 Å². The number of amides is 1. The van der Waals surface area contributed by atoms with Crippen LogP contribution in [0.4, 0.5) is 5.69 Å². The van der Waals surface area contributed by atoms with Crippen LogP contribution in [0, 0.1) is 0 Å². The summed E-state index contributed by atoms with van der Waals surface area (Å²) in [4.78, 5) is 29.0. The van der Waals surface area contributed by atoms with Crippen molar-refractivity contribution in [3.05, 3.63) is 88.8 Å². The minimum atomic E-state index is -0.440. The predicted octanol–water partition coefficient (Wildman–Crippen LogP) is 4.43. The fraction of sp³-hybridized carbons (Fsp3) is 0.125. The summed E-state index contributed by atoms with van der Waals surface area (Å²) in [5.74, 6) is 0.901. The molecule has 0 radical (unpaired) electrons. The van der Waals surface area contributed by atoms with Crippen LogP contribution in [0.1, 0.15) is 12.0 Å². The molecule has 1 heterocycles. The molecule has 0 aliphatic carbocycles. The zero-order chi connectivity index (χ0) is 20.9. The summed E-state index contributed by atoms with van der Waals surface area (Å²) in [6, 6.07) is 21.8. The van der Waals surface area contributed by atoms with E-state index in [1.54, 1.807) is 49.6 Å². The number of benzene rings is 3. The number of methoxy groups -OCH3 is 1. The molecule has 0 saturated heterocycles. The standard InChI is InChI=1S/C24H20N2O4/c1-29-19-12-9-16(10-13-19)11-14-22(27)25-18-6-4-5-17(15-18)23-26-21-8-3-2-7-20(21)24(28)30-23/h2-10,12-13,15H,11,14H2,1H3,(H,25,27). The van der Waals surface area contributed by atoms with Gasteiger partial charge < -0.3 is 14.5 Å². The van der Waals surface area contributed by atoms with Crippen molar-refractivity contribution in [2.24, 2.45) is 0 Å². The maximum absolute atomic E-state index is 12.4. The van der Waals surface area contributed by atoms with Gasteiger partial charge in [0.2, 0.25) is 11.8 Å². The number of fused-ring (bicyclic) bond motifs is 1. The summed E-state index contributed by atoms with van der Waals surface area (Å²) >= 11 is 0. The highest BCUT2D eigenvalue weighted by molar-refractivity contribution is 5.91. The van der Waals surface area contributed by atoms with E-state index in [0.29, 0.717) is 35.0 Å². The summed E-state index contributed by atoms with van der Waals surface area (Å²) in [6.07, 6.45) is 0.969. The van der Waals surface area contributed by atoms with Crippen LogP contribution in [-0.4, -0.2) is 18.0 Å². The summed E-state index contributed by atoms with van der Waals surface area (Å²) in [6.45, 7) is 0. The van der Waals surface area contributed by atoms with Crippen molar-refractivity contribution in [3.63, 3.8) is 0 Å². The zero-order valence-electron chi connectivity index (χ0n) is 16.4. The van der Waals surface area contributed by atoms with Crippen molar-refractivity contribution in [1.82, 2.24) is 4.98 Å². The van der Waals surface area contributed by atoms with Gasteiger partial charge in [0.05, 0.1) is 18.0 Å². The number of aromatic nitrogens is 1. The lowest BCUT2D eigenvalue weighted by molar-refractivity contribution is -0.116. The van der Waals surface area contributed by atoms with Crippen LogP contribution < -0.4 is 15.7 Å². The number of hydrogen-bond donors (Lipinski definition) is 1. The Morgan fingerprint density at radius 3 is 2.63 bits per heavy atom. The molecule has 6 nitrogen and oxygen atoms in total. The fourth-order valence-electron chi connectivity index (χ4n) is 3.15. The van der Waals surface area contributed by atoms with E-state index in [-0.39, 0.29) is 11.8 Å². The van der Waals surface area contributed by atoms with Crippen molar-refractivity contribution in [3.8, 4) is 17.2 Å². The second kappa shape index (κ2) is 8.61. The Hall–Kier alpha value is -3.93. The van der Waals surface area contributed by atoms with Crippen LogP contribution in [0.3, 0.4) is 0 Å². The first-order valence-corrected chi connectivity index (χ1v) is 9.55. The quantitative estimate of drug-likeness (QED) is 0.518. The molecular formula is C24H20N2O4. The highest BCUT2D eigenvalue weighted by Crippen LogP contribution is 2.22. The molecular weight excluding hydrogens is 380 g/mol. The van der Waals surface area contributed by atoms with Crippen LogP contribution in [0.2, 0.25) is 0 Å². The number of carbonyl (C=O) groups excluding carboxylic acids is 1. The molecule has 0 aliphatic rings. The van der Waals surface area contributed by atoms with Gasteiger partial charge in [-0.25, -0.2) is 9.78 Å². The Morgan fingerprint density at radius 2 is 1.83 bits per heavy atom. The summed E-state index contributed by atoms with van der Waals surface area (Å²) in [5, 5.41) is 3.32. The molecule has 0 bridgehead atoms. The summed E-state index contributed by atoms with van der Waals surface area (Å²) in [5.41, 5.74) is 2.42. The molecule has 0 unspecified atom stereocenters. The van der Waals surface area contributed by atoms with E-state index in [1.165, 1.54) is 0 Å². The number of nitrogens with one attached hydrogen (secondary N) is 1. The maximum Gasteiger partial charge on any atom is 0.347 e. The van der Waals surface area contributed by atoms with Gasteiger partial charge >= 0.3 is 5.63 Å². The third kappa shape index (κ3) is 4.38. The SMILES string of the molecule is COc1ccc(CCC(=O)Nc2cccc(-c3nc4ccccc4c(=O)o3)c2)cc1. The lowest BCUT2D eigenvalue weighted by Gasteiger charge is -2.08. The Kier molecular flexibility index (Phi) is 5.57. The van der Waals surface area contributed by atoms with Gasteiger partial charge in [-0.05, 0) is 54.4 Å². The fourth-order valence-corrected chi connectivity index (χ4v) is 3.15. The molecule has 1 N–H and O–H groups in total. The van der Waals surface area contributed by atoms with Gasteiger partial charge in [-0.15, -0.1) is 0 Å². The van der Waals surface area contributed by atoms with E-state index in [9.17, 15) is 9.59 Å². The van der Waals surface area contributed by atoms with Crippen LogP contribution in [0.5, 0.6) is 5.75 Å². The highest BCUT2D eigenvalue weighted by Gasteiger charge is 2.10. The third-order valence-electron chi connectivity index (χ3n) is 4.73. The number of rotatable bonds is 6. The Labute approximate surface area is 173 Å². The Balaban J connectivity index is 1.46. The molecule has 3 aromatic carbocycles. The smallest absolute Gasteiger partial charge is 0.347 e. The minimum absolute atomic E-state index is 0.101. The zero-order valence-corrected chi connectivity index (χ0v) is 16.4. The number of carbonyl (C=O) groups is 1. The van der Waals surface area contributed by atoms with Gasteiger partial charge in [0.15, 0.2) is 0 Å². The van der Waals surface area contributed by atoms with Crippen LogP contribution >= 0.6 is 0 Å². The van der Waals surface area contributed by atoms with Crippen molar-refractivity contribution in [2.75, 3.05) is 12.4 Å². The number of hydrogen-bond acceptors (Lipinski definition) is 5. The molecule has 0 aliphatic heterocycles. The van der Waals surface area contributed by atoms with E-state index >= 15 is 0 Å². The van der Waals surface area contributed by atoms with Crippen LogP contribution in [-0.2, 0) is 11.2 Å². The first-order chi connectivity index (χ1) is 14.6. The van der Waals surface area contributed by atoms with Gasteiger partial charge in [0, 0.05) is 17.7 Å². The van der Waals surface area contributed by atoms with E-state index < -0.39 is 5.63 Å². The summed E-state index contributed by atoms with van der Waals surface area (Å²) in [7, 11) is 1.62. The van der Waals surface area contributed by atoms with Crippen molar-refractivity contribution < 1.29 is 13.9 Å². The first-order valence-electron chi connectivity index (χ1n) is 9.55. The second-order valence-electron chi connectivity index (χ2n) is 6.80. The van der Waals surface area contributed by atoms with Crippen molar-refractivity contribution in [2.45, 2.75) is 12.8 Å². The predicted molar refractivity (Wildman–Crippen MR) is 116 cm³/mol. The maximum atomic E-state index is 12.4. The Bertz CT molecular complexity index is 1250. The third-order valence-corrected chi connectivity index (χ3v) is 4.73. The second-order valence-corrected chi connectivity index (χ2v) is 6.80. The van der Waals surface area contributed by atoms with E-state index in [4.69, 9.17) is 9.15 Å². The van der Waals surface area contributed by atoms with Gasteiger partial charge in [-0.2, -0.15) is 0 Å². The molecule has 1 amide bonds. The molecule has 150 valence electrons. The van der Waals surface area contributed by atoms with Gasteiger partial charge in [0.1, 0.15) is 5.75 Å². The monoisotopic (exact) mass is 400 g/mol. The highest BCUT2D eigenvalue weighted by atomic mass is 16.5. The number of nitrogens with zero attached hydrogens (tertiary/aromatic N) is 1. The molecule has 0 saturated carbocycles. The number of ether oxygens (including phenoxy) is 1. The molecule has 0 spiro atoms. The first kappa shape index (κ1) is 19.4. The van der Waals surface area contributed by atoms with Crippen LogP contribution in [0.25, 0.3) is 22.4 Å². The largest absolute Gasteiger partial charge is 0.497 e. The lowest BCUT2D eigenvalue weighted by atomic mass is 10.1. The van der Waals surface area contributed by atoms with Gasteiger partial charge in [0.25, 0.3) is 0 Å². The average molecular weight is 400 g/mol. The summed E-state index contributed by atoms with van der Waals surface area (Å²) < 4.78 is 10.5. The molecule has 4 aromatic rings. The van der Waals surface area contributed by atoms with Crippen molar-refractivity contribution >= 4 is 22.5 Å². The number of anilines is 1. The molecule has 1 aromatic heterocycles. The average Bonchev–Trinajstić information content (AvgIpc) is 2.78. The van der Waals surface area contributed by atoms with E-state index in [0.717, 1.165) is 11.3 Å². The van der Waals surface area contributed by atoms with E-state index in [1.807, 2.05) is 30.3 Å². The molecule has 30 heavy (non-hydrogen) atoms. The number of para-hydroxylation sites is 1. The topological polar surface area (TPSA) is 81.4 Å². The Morgan fingerprint density at radius 1 is 1.03 bits per heavy atom. The molecule has 4 rings (SSSR count). The minimum Gasteiger partial charge on any atom is -0.497 e. The van der Waals surface area contributed by atoms with Gasteiger partial charge in [-0.1, -0.05) is 30.3 Å². The lowest BCUT2D eigenvalue weighted by Crippen LogP contribution is -2.12. The van der Waals surface area contributed by atoms with Crippen LogP contribution in [0.15, 0.2) is 82.0 Å². The normalized spacial score (nSPS) is 10.7. The molecule has 0 atom stereocenters. The van der Waals surface area contributed by atoms with Crippen molar-refractivity contribution in [1.29, 1.82) is 0 Å².